The Morgan fingerprint density at radius 2 is 1.93 bits per heavy atom. The molecule has 29 heavy (non-hydrogen) atoms. The predicted octanol–water partition coefficient (Wildman–Crippen LogP) is 4.59. The van der Waals surface area contributed by atoms with Crippen LogP contribution in [-0.2, 0) is 11.3 Å². The van der Waals surface area contributed by atoms with Crippen LogP contribution in [0.4, 0.5) is 0 Å². The molecule has 2 aromatic heterocycles. The fraction of sp³-hybridized carbons (Fsp3) is 0.136. The molecule has 4 rings (SSSR count). The normalized spacial score (nSPS) is 10.8. The van der Waals surface area contributed by atoms with Gasteiger partial charge in [0.05, 0.1) is 7.11 Å². The van der Waals surface area contributed by atoms with Crippen molar-refractivity contribution in [2.24, 2.45) is 0 Å². The summed E-state index contributed by atoms with van der Waals surface area (Å²) in [6, 6.07) is 14.4. The summed E-state index contributed by atoms with van der Waals surface area (Å²) in [5, 5.41) is 3.09. The van der Waals surface area contributed by atoms with Crippen molar-refractivity contribution in [2.75, 3.05) is 7.11 Å². The van der Waals surface area contributed by atoms with E-state index in [0.29, 0.717) is 22.3 Å². The number of nitrogens with zero attached hydrogens (tertiary/aromatic N) is 1. The zero-order valence-electron chi connectivity index (χ0n) is 15.8. The highest BCUT2D eigenvalue weighted by molar-refractivity contribution is 7.13. The first kappa shape index (κ1) is 18.9. The minimum atomic E-state index is -0.547. The number of carbonyl (C=O) groups is 1. The van der Waals surface area contributed by atoms with Crippen LogP contribution >= 0.6 is 11.3 Å². The molecule has 0 radical (unpaired) electrons. The van der Waals surface area contributed by atoms with Crippen LogP contribution in [0.5, 0.6) is 5.75 Å². The minimum Gasteiger partial charge on any atom is -0.497 e. The minimum absolute atomic E-state index is 0.0648. The van der Waals surface area contributed by atoms with Crippen LogP contribution < -0.4 is 10.4 Å². The lowest BCUT2D eigenvalue weighted by Crippen LogP contribution is -2.08. The molecule has 0 N–H and O–H groups in total. The van der Waals surface area contributed by atoms with E-state index in [4.69, 9.17) is 13.9 Å². The van der Waals surface area contributed by atoms with E-state index in [1.54, 1.807) is 23.6 Å². The summed E-state index contributed by atoms with van der Waals surface area (Å²) in [6.07, 6.45) is 0. The molecule has 0 aliphatic rings. The Bertz CT molecular complexity index is 1240. The number of methoxy groups -OCH3 is 1. The topological polar surface area (TPSA) is 78.6 Å². The highest BCUT2D eigenvalue weighted by atomic mass is 32.1. The maximum atomic E-state index is 12.4. The molecule has 146 valence electrons. The third-order valence-electron chi connectivity index (χ3n) is 4.41. The van der Waals surface area contributed by atoms with E-state index in [2.05, 4.69) is 4.98 Å². The summed E-state index contributed by atoms with van der Waals surface area (Å²) in [7, 11) is 1.53. The molecule has 0 amide bonds. The summed E-state index contributed by atoms with van der Waals surface area (Å²) in [6.45, 7) is 1.95. The van der Waals surface area contributed by atoms with Crippen LogP contribution in [0.2, 0.25) is 0 Å². The fourth-order valence-corrected chi connectivity index (χ4v) is 3.67. The first-order chi connectivity index (χ1) is 14.0. The first-order valence-corrected chi connectivity index (χ1v) is 9.72. The molecule has 6 nitrogen and oxygen atoms in total. The van der Waals surface area contributed by atoms with Crippen LogP contribution in [0, 0.1) is 6.92 Å². The van der Waals surface area contributed by atoms with Gasteiger partial charge < -0.3 is 13.9 Å². The second kappa shape index (κ2) is 7.89. The first-order valence-electron chi connectivity index (χ1n) is 8.84. The molecule has 2 aromatic carbocycles. The van der Waals surface area contributed by atoms with Crippen molar-refractivity contribution in [1.82, 2.24) is 4.98 Å². The molecule has 0 aliphatic heterocycles. The average Bonchev–Trinajstić information content (AvgIpc) is 3.22. The van der Waals surface area contributed by atoms with Gasteiger partial charge >= 0.3 is 11.6 Å². The van der Waals surface area contributed by atoms with Gasteiger partial charge in [0.2, 0.25) is 0 Å². The molecule has 0 saturated heterocycles. The molecule has 0 aliphatic carbocycles. The number of carbonyl (C=O) groups excluding carboxylic acids is 1. The third-order valence-corrected chi connectivity index (χ3v) is 5.30. The number of thiazole rings is 1. The molecule has 0 unspecified atom stereocenters. The van der Waals surface area contributed by atoms with Gasteiger partial charge in [-0.05, 0) is 19.1 Å². The quantitative estimate of drug-likeness (QED) is 0.356. The average molecular weight is 407 g/mol. The molecular formula is C22H17NO5S. The largest absolute Gasteiger partial charge is 0.497 e. The summed E-state index contributed by atoms with van der Waals surface area (Å²) in [4.78, 5) is 28.7. The molecule has 7 heteroatoms. The van der Waals surface area contributed by atoms with Gasteiger partial charge in [-0.1, -0.05) is 29.8 Å². The molecule has 0 spiro atoms. The summed E-state index contributed by atoms with van der Waals surface area (Å²) in [5.74, 6) is 0.0235. The van der Waals surface area contributed by atoms with Gasteiger partial charge in [0.1, 0.15) is 22.9 Å². The van der Waals surface area contributed by atoms with E-state index in [-0.39, 0.29) is 12.3 Å². The smallest absolute Gasteiger partial charge is 0.358 e. The van der Waals surface area contributed by atoms with Crippen molar-refractivity contribution >= 4 is 28.3 Å². The van der Waals surface area contributed by atoms with Gasteiger partial charge in [-0.25, -0.2) is 14.6 Å². The number of rotatable bonds is 5. The third kappa shape index (κ3) is 4.05. The number of aromatic nitrogens is 1. The second-order valence-electron chi connectivity index (χ2n) is 6.43. The van der Waals surface area contributed by atoms with Gasteiger partial charge in [-0.15, -0.1) is 11.3 Å². The predicted molar refractivity (Wildman–Crippen MR) is 110 cm³/mol. The van der Waals surface area contributed by atoms with E-state index >= 15 is 0 Å². The Morgan fingerprint density at radius 3 is 2.69 bits per heavy atom. The second-order valence-corrected chi connectivity index (χ2v) is 7.29. The Balaban J connectivity index is 1.53. The van der Waals surface area contributed by atoms with Crippen LogP contribution in [0.25, 0.3) is 21.5 Å². The highest BCUT2D eigenvalue weighted by Gasteiger charge is 2.15. The lowest BCUT2D eigenvalue weighted by atomic mass is 10.1. The standard InChI is InChI=1S/C22H17NO5S/c1-13-3-5-14(6-4-13)21-23-18(12-29-21)22(25)27-11-15-9-20(24)28-19-10-16(26-2)7-8-17(15)19/h3-10,12H,11H2,1-2H3. The Labute approximate surface area is 170 Å². The summed E-state index contributed by atoms with van der Waals surface area (Å²) >= 11 is 1.38. The zero-order chi connectivity index (χ0) is 20.4. The highest BCUT2D eigenvalue weighted by Crippen LogP contribution is 2.25. The maximum absolute atomic E-state index is 12.4. The van der Waals surface area contributed by atoms with Gasteiger partial charge in [-0.3, -0.25) is 0 Å². The van der Waals surface area contributed by atoms with E-state index in [0.717, 1.165) is 16.1 Å². The van der Waals surface area contributed by atoms with E-state index < -0.39 is 11.6 Å². The van der Waals surface area contributed by atoms with E-state index in [1.807, 2.05) is 31.2 Å². The fourth-order valence-electron chi connectivity index (χ4n) is 2.87. The number of hydrogen-bond acceptors (Lipinski definition) is 7. The molecule has 0 saturated carbocycles. The van der Waals surface area contributed by atoms with Crippen LogP contribution in [-0.4, -0.2) is 18.1 Å². The van der Waals surface area contributed by atoms with Crippen LogP contribution in [0.3, 0.4) is 0 Å². The number of ether oxygens (including phenoxy) is 2. The van der Waals surface area contributed by atoms with E-state index in [1.165, 1.54) is 24.5 Å². The number of benzene rings is 2. The molecular weight excluding hydrogens is 390 g/mol. The maximum Gasteiger partial charge on any atom is 0.358 e. The monoisotopic (exact) mass is 407 g/mol. The van der Waals surface area contributed by atoms with Crippen LogP contribution in [0.15, 0.2) is 63.1 Å². The number of aryl methyl sites for hydroxylation is 1. The lowest BCUT2D eigenvalue weighted by molar-refractivity contribution is 0.0468. The number of fused-ring (bicyclic) bond motifs is 1. The van der Waals surface area contributed by atoms with Crippen molar-refractivity contribution in [2.45, 2.75) is 13.5 Å². The Hall–Kier alpha value is -3.45. The van der Waals surface area contributed by atoms with Crippen molar-refractivity contribution in [3.63, 3.8) is 0 Å². The van der Waals surface area contributed by atoms with Gasteiger partial charge in [0.25, 0.3) is 0 Å². The van der Waals surface area contributed by atoms with Gasteiger partial charge in [0, 0.05) is 34.0 Å². The number of esters is 1. The Kier molecular flexibility index (Phi) is 5.14. The number of hydrogen-bond donors (Lipinski definition) is 0. The Morgan fingerprint density at radius 1 is 1.14 bits per heavy atom. The summed E-state index contributed by atoms with van der Waals surface area (Å²) in [5.41, 5.74) is 2.74. The lowest BCUT2D eigenvalue weighted by Gasteiger charge is -2.07. The SMILES string of the molecule is COc1ccc2c(COC(=O)c3csc(-c4ccc(C)cc4)n3)cc(=O)oc2c1. The van der Waals surface area contributed by atoms with Crippen molar-refractivity contribution in [3.8, 4) is 16.3 Å². The van der Waals surface area contributed by atoms with Crippen molar-refractivity contribution in [1.29, 1.82) is 0 Å². The van der Waals surface area contributed by atoms with Gasteiger partial charge in [-0.2, -0.15) is 0 Å². The summed E-state index contributed by atoms with van der Waals surface area (Å²) < 4.78 is 15.8. The molecule has 2 heterocycles. The van der Waals surface area contributed by atoms with E-state index in [9.17, 15) is 9.59 Å². The van der Waals surface area contributed by atoms with Gasteiger partial charge in [0.15, 0.2) is 5.69 Å². The van der Waals surface area contributed by atoms with Crippen molar-refractivity contribution in [3.05, 3.63) is 81.2 Å². The molecule has 0 fully saturated rings. The van der Waals surface area contributed by atoms with Crippen LogP contribution in [0.1, 0.15) is 21.6 Å². The van der Waals surface area contributed by atoms with Crippen molar-refractivity contribution < 1.29 is 18.7 Å². The molecule has 0 bridgehead atoms. The molecule has 4 aromatic rings. The zero-order valence-corrected chi connectivity index (χ0v) is 16.6. The molecule has 0 atom stereocenters.